The minimum absolute atomic E-state index is 0.0330. The molecule has 14 heavy (non-hydrogen) atoms. The highest BCUT2D eigenvalue weighted by Crippen LogP contribution is 2.18. The van der Waals surface area contributed by atoms with Crippen LogP contribution in [-0.2, 0) is 14.3 Å². The summed E-state index contributed by atoms with van der Waals surface area (Å²) in [6, 6.07) is 0. The molecule has 1 aliphatic rings. The first-order valence-corrected chi connectivity index (χ1v) is 4.34. The van der Waals surface area contributed by atoms with Gasteiger partial charge in [0.05, 0.1) is 6.61 Å². The number of hydrogen-bond donors (Lipinski definition) is 2. The lowest BCUT2D eigenvalue weighted by atomic mass is 9.99. The maximum absolute atomic E-state index is 11.2. The van der Waals surface area contributed by atoms with Crippen LogP contribution in [0.1, 0.15) is 12.8 Å². The Morgan fingerprint density at radius 3 is 2.79 bits per heavy atom. The minimum atomic E-state index is -1.24. The standard InChI is InChI=1S/C9H13NO4/c1-2-3-7(11)10-9(8(12)13)4-5-14-6-9/h2H,1,3-6H2,(H,10,11)(H,12,13). The smallest absolute Gasteiger partial charge is 0.331 e. The fraction of sp³-hybridized carbons (Fsp3) is 0.556. The third-order valence-electron chi connectivity index (χ3n) is 2.14. The average molecular weight is 199 g/mol. The molecule has 0 aromatic carbocycles. The summed E-state index contributed by atoms with van der Waals surface area (Å²) in [5.41, 5.74) is -1.24. The van der Waals surface area contributed by atoms with Gasteiger partial charge in [0.15, 0.2) is 5.54 Å². The Balaban J connectivity index is 2.64. The number of carbonyl (C=O) groups is 2. The summed E-state index contributed by atoms with van der Waals surface area (Å²) in [6.07, 6.45) is 1.86. The summed E-state index contributed by atoms with van der Waals surface area (Å²) in [5.74, 6) is -1.39. The van der Waals surface area contributed by atoms with Gasteiger partial charge < -0.3 is 15.2 Å². The van der Waals surface area contributed by atoms with Crippen LogP contribution >= 0.6 is 0 Å². The molecule has 0 aromatic heterocycles. The van der Waals surface area contributed by atoms with Gasteiger partial charge in [0.1, 0.15) is 0 Å². The molecule has 1 heterocycles. The van der Waals surface area contributed by atoms with E-state index in [1.165, 1.54) is 6.08 Å². The van der Waals surface area contributed by atoms with Crippen molar-refractivity contribution in [2.75, 3.05) is 13.2 Å². The van der Waals surface area contributed by atoms with Crippen LogP contribution in [0, 0.1) is 0 Å². The van der Waals surface area contributed by atoms with Crippen LogP contribution < -0.4 is 5.32 Å². The van der Waals surface area contributed by atoms with Crippen LogP contribution in [0.3, 0.4) is 0 Å². The monoisotopic (exact) mass is 199 g/mol. The van der Waals surface area contributed by atoms with Gasteiger partial charge in [-0.25, -0.2) is 4.79 Å². The Labute approximate surface area is 81.7 Å². The molecule has 1 fully saturated rings. The second-order valence-electron chi connectivity index (χ2n) is 3.23. The number of nitrogens with one attached hydrogen (secondary N) is 1. The zero-order valence-electron chi connectivity index (χ0n) is 7.78. The maximum atomic E-state index is 11.2. The van der Waals surface area contributed by atoms with Gasteiger partial charge in [-0.1, -0.05) is 6.08 Å². The maximum Gasteiger partial charge on any atom is 0.331 e. The first kappa shape index (κ1) is 10.7. The third kappa shape index (κ3) is 2.11. The molecule has 1 rings (SSSR count). The lowest BCUT2D eigenvalue weighted by molar-refractivity contribution is -0.147. The van der Waals surface area contributed by atoms with Crippen molar-refractivity contribution >= 4 is 11.9 Å². The highest BCUT2D eigenvalue weighted by atomic mass is 16.5. The molecule has 5 heteroatoms. The van der Waals surface area contributed by atoms with Crippen LogP contribution in [0.5, 0.6) is 0 Å². The van der Waals surface area contributed by atoms with Crippen LogP contribution in [0.4, 0.5) is 0 Å². The van der Waals surface area contributed by atoms with Gasteiger partial charge in [-0.05, 0) is 0 Å². The normalized spacial score (nSPS) is 25.7. The predicted octanol–water partition coefficient (Wildman–Crippen LogP) is -0.0776. The zero-order chi connectivity index (χ0) is 10.6. The van der Waals surface area contributed by atoms with E-state index < -0.39 is 11.5 Å². The number of hydrogen-bond acceptors (Lipinski definition) is 3. The van der Waals surface area contributed by atoms with E-state index in [4.69, 9.17) is 9.84 Å². The Hall–Kier alpha value is -1.36. The van der Waals surface area contributed by atoms with E-state index in [1.807, 2.05) is 0 Å². The summed E-state index contributed by atoms with van der Waals surface area (Å²) < 4.78 is 4.98. The van der Waals surface area contributed by atoms with Crippen molar-refractivity contribution in [1.29, 1.82) is 0 Å². The average Bonchev–Trinajstić information content (AvgIpc) is 2.54. The lowest BCUT2D eigenvalue weighted by Gasteiger charge is -2.23. The Kier molecular flexibility index (Phi) is 3.24. The second-order valence-corrected chi connectivity index (χ2v) is 3.23. The number of ether oxygens (including phenoxy) is 1. The summed E-state index contributed by atoms with van der Waals surface area (Å²) in [7, 11) is 0. The first-order chi connectivity index (χ1) is 6.60. The summed E-state index contributed by atoms with van der Waals surface area (Å²) in [5, 5.41) is 11.4. The van der Waals surface area contributed by atoms with E-state index in [9.17, 15) is 9.59 Å². The number of carbonyl (C=O) groups excluding carboxylic acids is 1. The molecule has 0 spiro atoms. The van der Waals surface area contributed by atoms with Crippen LogP contribution in [0.2, 0.25) is 0 Å². The van der Waals surface area contributed by atoms with Crippen LogP contribution in [0.25, 0.3) is 0 Å². The first-order valence-electron chi connectivity index (χ1n) is 4.34. The van der Waals surface area contributed by atoms with Crippen molar-refractivity contribution in [3.05, 3.63) is 12.7 Å². The number of carboxylic acid groups (broad SMARTS) is 1. The van der Waals surface area contributed by atoms with E-state index >= 15 is 0 Å². The van der Waals surface area contributed by atoms with Gasteiger partial charge in [0.25, 0.3) is 0 Å². The Morgan fingerprint density at radius 1 is 1.64 bits per heavy atom. The van der Waals surface area contributed by atoms with Gasteiger partial charge in [0.2, 0.25) is 5.91 Å². The minimum Gasteiger partial charge on any atom is -0.479 e. The molecule has 1 atom stereocenters. The Bertz CT molecular complexity index is 256. The van der Waals surface area contributed by atoms with Gasteiger partial charge >= 0.3 is 5.97 Å². The molecule has 0 radical (unpaired) electrons. The van der Waals surface area contributed by atoms with Crippen molar-refractivity contribution in [1.82, 2.24) is 5.32 Å². The quantitative estimate of drug-likeness (QED) is 0.621. The van der Waals surface area contributed by atoms with Gasteiger partial charge in [0, 0.05) is 19.4 Å². The highest BCUT2D eigenvalue weighted by Gasteiger charge is 2.43. The highest BCUT2D eigenvalue weighted by molar-refractivity contribution is 5.87. The van der Waals surface area contributed by atoms with E-state index in [-0.39, 0.29) is 18.9 Å². The molecule has 1 unspecified atom stereocenters. The second kappa shape index (κ2) is 4.23. The van der Waals surface area contributed by atoms with Crippen molar-refractivity contribution in [3.8, 4) is 0 Å². The molecule has 1 saturated heterocycles. The molecule has 2 N–H and O–H groups in total. The summed E-state index contributed by atoms with van der Waals surface area (Å²) in [6.45, 7) is 3.80. The number of aliphatic carboxylic acids is 1. The molecule has 0 aliphatic carbocycles. The topological polar surface area (TPSA) is 75.6 Å². The molecule has 0 aromatic rings. The SMILES string of the molecule is C=CCC(=O)NC1(C(=O)O)CCOC1. The number of carboxylic acids is 1. The summed E-state index contributed by atoms with van der Waals surface area (Å²) >= 11 is 0. The molecule has 5 nitrogen and oxygen atoms in total. The lowest BCUT2D eigenvalue weighted by Crippen LogP contribution is -2.55. The van der Waals surface area contributed by atoms with Crippen molar-refractivity contribution in [2.45, 2.75) is 18.4 Å². The largest absolute Gasteiger partial charge is 0.479 e. The fourth-order valence-corrected chi connectivity index (χ4v) is 1.33. The predicted molar refractivity (Wildman–Crippen MR) is 48.8 cm³/mol. The molecule has 1 aliphatic heterocycles. The van der Waals surface area contributed by atoms with E-state index in [2.05, 4.69) is 11.9 Å². The molecule has 0 saturated carbocycles. The van der Waals surface area contributed by atoms with Crippen molar-refractivity contribution in [2.24, 2.45) is 0 Å². The molecule has 1 amide bonds. The van der Waals surface area contributed by atoms with E-state index in [1.54, 1.807) is 0 Å². The van der Waals surface area contributed by atoms with Gasteiger partial charge in [-0.15, -0.1) is 6.58 Å². The molecular weight excluding hydrogens is 186 g/mol. The van der Waals surface area contributed by atoms with Crippen LogP contribution in [-0.4, -0.2) is 35.7 Å². The summed E-state index contributed by atoms with van der Waals surface area (Å²) in [4.78, 5) is 22.2. The van der Waals surface area contributed by atoms with Gasteiger partial charge in [-0.3, -0.25) is 4.79 Å². The molecule has 78 valence electrons. The zero-order valence-corrected chi connectivity index (χ0v) is 7.78. The number of amides is 1. The van der Waals surface area contributed by atoms with Gasteiger partial charge in [-0.2, -0.15) is 0 Å². The third-order valence-corrected chi connectivity index (χ3v) is 2.14. The number of rotatable bonds is 4. The fourth-order valence-electron chi connectivity index (χ4n) is 1.33. The molecular formula is C9H13NO4. The molecule has 0 bridgehead atoms. The van der Waals surface area contributed by atoms with E-state index in [0.29, 0.717) is 13.0 Å². The van der Waals surface area contributed by atoms with Crippen molar-refractivity contribution < 1.29 is 19.4 Å². The van der Waals surface area contributed by atoms with E-state index in [0.717, 1.165) is 0 Å². The van der Waals surface area contributed by atoms with Crippen molar-refractivity contribution in [3.63, 3.8) is 0 Å². The van der Waals surface area contributed by atoms with Crippen LogP contribution in [0.15, 0.2) is 12.7 Å². The Morgan fingerprint density at radius 2 is 2.36 bits per heavy atom.